The molecule has 0 unspecified atom stereocenters. The fourth-order valence-electron chi connectivity index (χ4n) is 3.15. The molecular formula is C20H26N4O3. The van der Waals surface area contributed by atoms with Crippen LogP contribution in [0.3, 0.4) is 0 Å². The van der Waals surface area contributed by atoms with Gasteiger partial charge in [0, 0.05) is 37.7 Å². The summed E-state index contributed by atoms with van der Waals surface area (Å²) >= 11 is 0. The van der Waals surface area contributed by atoms with Gasteiger partial charge in [0.1, 0.15) is 23.6 Å². The first kappa shape index (κ1) is 18.9. The molecule has 1 aromatic carbocycles. The van der Waals surface area contributed by atoms with E-state index < -0.39 is 0 Å². The Morgan fingerprint density at radius 2 is 1.85 bits per heavy atom. The standard InChI is InChI=1S/C20H26N4O3/c1-14(2)20(25)24-10-9-23(12-15(24)3)18-11-19(22-13-21-18)27-17-7-5-16(26-4)6-8-17/h5-8,11,13-15H,9-10,12H2,1-4H3/t15-/m1/s1. The van der Waals surface area contributed by atoms with Crippen LogP contribution in [0.1, 0.15) is 20.8 Å². The van der Waals surface area contributed by atoms with E-state index in [1.807, 2.05) is 49.1 Å². The predicted octanol–water partition coefficient (Wildman–Crippen LogP) is 2.97. The van der Waals surface area contributed by atoms with E-state index >= 15 is 0 Å². The molecule has 2 aromatic rings. The van der Waals surface area contributed by atoms with Gasteiger partial charge in [-0.05, 0) is 31.2 Å². The van der Waals surface area contributed by atoms with Gasteiger partial charge >= 0.3 is 0 Å². The van der Waals surface area contributed by atoms with Gasteiger partial charge in [0.05, 0.1) is 7.11 Å². The van der Waals surface area contributed by atoms with Crippen molar-refractivity contribution >= 4 is 11.7 Å². The van der Waals surface area contributed by atoms with E-state index in [1.54, 1.807) is 7.11 Å². The third kappa shape index (κ3) is 4.48. The van der Waals surface area contributed by atoms with E-state index in [-0.39, 0.29) is 17.9 Å². The largest absolute Gasteiger partial charge is 0.497 e. The molecule has 1 atom stereocenters. The second-order valence-electron chi connectivity index (χ2n) is 6.97. The molecule has 144 valence electrons. The van der Waals surface area contributed by atoms with Gasteiger partial charge in [-0.15, -0.1) is 0 Å². The number of ether oxygens (including phenoxy) is 2. The zero-order valence-corrected chi connectivity index (χ0v) is 16.3. The number of benzene rings is 1. The van der Waals surface area contributed by atoms with Gasteiger partial charge in [-0.3, -0.25) is 4.79 Å². The number of amides is 1. The van der Waals surface area contributed by atoms with Gasteiger partial charge in [-0.1, -0.05) is 13.8 Å². The van der Waals surface area contributed by atoms with Gasteiger partial charge in [-0.2, -0.15) is 0 Å². The van der Waals surface area contributed by atoms with Crippen molar-refractivity contribution in [3.63, 3.8) is 0 Å². The number of piperazine rings is 1. The molecule has 27 heavy (non-hydrogen) atoms. The molecule has 2 heterocycles. The molecule has 0 spiro atoms. The van der Waals surface area contributed by atoms with Crippen LogP contribution in [0.2, 0.25) is 0 Å². The van der Waals surface area contributed by atoms with Crippen molar-refractivity contribution < 1.29 is 14.3 Å². The minimum atomic E-state index is 0.0162. The van der Waals surface area contributed by atoms with Gasteiger partial charge in [0.15, 0.2) is 0 Å². The maximum atomic E-state index is 12.3. The lowest BCUT2D eigenvalue weighted by Crippen LogP contribution is -2.55. The van der Waals surface area contributed by atoms with Crippen LogP contribution < -0.4 is 14.4 Å². The first-order valence-electron chi connectivity index (χ1n) is 9.17. The molecule has 0 N–H and O–H groups in total. The molecule has 7 heteroatoms. The summed E-state index contributed by atoms with van der Waals surface area (Å²) in [5.41, 5.74) is 0. The van der Waals surface area contributed by atoms with E-state index in [9.17, 15) is 4.79 Å². The molecule has 1 aliphatic heterocycles. The Morgan fingerprint density at radius 1 is 1.15 bits per heavy atom. The number of carbonyl (C=O) groups excluding carboxylic acids is 1. The summed E-state index contributed by atoms with van der Waals surface area (Å²) in [5, 5.41) is 0. The normalized spacial score (nSPS) is 17.1. The summed E-state index contributed by atoms with van der Waals surface area (Å²) in [6.45, 7) is 8.11. The summed E-state index contributed by atoms with van der Waals surface area (Å²) in [6.07, 6.45) is 1.50. The Kier molecular flexibility index (Phi) is 5.78. The van der Waals surface area contributed by atoms with Crippen LogP contribution in [0.25, 0.3) is 0 Å². The topological polar surface area (TPSA) is 67.8 Å². The fraction of sp³-hybridized carbons (Fsp3) is 0.450. The molecule has 1 aliphatic rings. The van der Waals surface area contributed by atoms with Crippen molar-refractivity contribution in [2.24, 2.45) is 5.92 Å². The van der Waals surface area contributed by atoms with Crippen molar-refractivity contribution in [3.8, 4) is 17.4 Å². The SMILES string of the molecule is COc1ccc(Oc2cc(N3CCN(C(=O)C(C)C)[C@H](C)C3)ncn2)cc1. The summed E-state index contributed by atoms with van der Waals surface area (Å²) in [5.74, 6) is 2.96. The third-order valence-corrected chi connectivity index (χ3v) is 4.64. The zero-order chi connectivity index (χ0) is 19.4. The highest BCUT2D eigenvalue weighted by molar-refractivity contribution is 5.78. The van der Waals surface area contributed by atoms with Crippen LogP contribution >= 0.6 is 0 Å². The molecule has 0 bridgehead atoms. The second kappa shape index (κ2) is 8.24. The van der Waals surface area contributed by atoms with Gasteiger partial charge < -0.3 is 19.3 Å². The lowest BCUT2D eigenvalue weighted by atomic mass is 10.1. The number of aromatic nitrogens is 2. The van der Waals surface area contributed by atoms with E-state index in [4.69, 9.17) is 9.47 Å². The molecule has 0 radical (unpaired) electrons. The molecule has 3 rings (SSSR count). The van der Waals surface area contributed by atoms with E-state index in [0.29, 0.717) is 18.2 Å². The lowest BCUT2D eigenvalue weighted by Gasteiger charge is -2.41. The van der Waals surface area contributed by atoms with E-state index in [2.05, 4.69) is 21.8 Å². The molecule has 1 aromatic heterocycles. The summed E-state index contributed by atoms with van der Waals surface area (Å²) < 4.78 is 11.0. The number of anilines is 1. The van der Waals surface area contributed by atoms with Crippen LogP contribution in [0.4, 0.5) is 5.82 Å². The minimum absolute atomic E-state index is 0.0162. The fourth-order valence-corrected chi connectivity index (χ4v) is 3.15. The number of nitrogens with zero attached hydrogens (tertiary/aromatic N) is 4. The van der Waals surface area contributed by atoms with Crippen molar-refractivity contribution in [3.05, 3.63) is 36.7 Å². The Hall–Kier alpha value is -2.83. The monoisotopic (exact) mass is 370 g/mol. The van der Waals surface area contributed by atoms with Crippen LogP contribution in [-0.2, 0) is 4.79 Å². The maximum absolute atomic E-state index is 12.3. The number of carbonyl (C=O) groups is 1. The van der Waals surface area contributed by atoms with Crippen LogP contribution in [0.5, 0.6) is 17.4 Å². The highest BCUT2D eigenvalue weighted by Crippen LogP contribution is 2.25. The Morgan fingerprint density at radius 3 is 2.48 bits per heavy atom. The van der Waals surface area contributed by atoms with Crippen molar-refractivity contribution in [1.29, 1.82) is 0 Å². The number of hydrogen-bond acceptors (Lipinski definition) is 6. The third-order valence-electron chi connectivity index (χ3n) is 4.64. The van der Waals surface area contributed by atoms with Crippen LogP contribution in [0.15, 0.2) is 36.7 Å². The lowest BCUT2D eigenvalue weighted by molar-refractivity contribution is -0.136. The summed E-state index contributed by atoms with van der Waals surface area (Å²) in [7, 11) is 1.63. The van der Waals surface area contributed by atoms with Gasteiger partial charge in [0.25, 0.3) is 0 Å². The number of hydrogen-bond donors (Lipinski definition) is 0. The Bertz CT molecular complexity index is 779. The second-order valence-corrected chi connectivity index (χ2v) is 6.97. The molecule has 0 saturated carbocycles. The highest BCUT2D eigenvalue weighted by atomic mass is 16.5. The first-order valence-corrected chi connectivity index (χ1v) is 9.17. The van der Waals surface area contributed by atoms with Gasteiger partial charge in [-0.25, -0.2) is 9.97 Å². The molecule has 0 aliphatic carbocycles. The molecule has 1 saturated heterocycles. The quantitative estimate of drug-likeness (QED) is 0.806. The van der Waals surface area contributed by atoms with E-state index in [1.165, 1.54) is 6.33 Å². The maximum Gasteiger partial charge on any atom is 0.225 e. The molecule has 7 nitrogen and oxygen atoms in total. The summed E-state index contributed by atoms with van der Waals surface area (Å²) in [6, 6.07) is 9.30. The molecule has 1 amide bonds. The van der Waals surface area contributed by atoms with E-state index in [0.717, 1.165) is 24.7 Å². The average molecular weight is 370 g/mol. The van der Waals surface area contributed by atoms with Crippen molar-refractivity contribution in [2.45, 2.75) is 26.8 Å². The minimum Gasteiger partial charge on any atom is -0.497 e. The number of methoxy groups -OCH3 is 1. The Balaban J connectivity index is 1.67. The smallest absolute Gasteiger partial charge is 0.225 e. The average Bonchev–Trinajstić information content (AvgIpc) is 2.68. The summed E-state index contributed by atoms with van der Waals surface area (Å²) in [4.78, 5) is 25.0. The highest BCUT2D eigenvalue weighted by Gasteiger charge is 2.29. The number of rotatable bonds is 5. The first-order chi connectivity index (χ1) is 13.0. The Labute approximate surface area is 159 Å². The molecule has 1 fully saturated rings. The van der Waals surface area contributed by atoms with Crippen molar-refractivity contribution in [2.75, 3.05) is 31.6 Å². The van der Waals surface area contributed by atoms with Crippen LogP contribution in [-0.4, -0.2) is 53.6 Å². The molecular weight excluding hydrogens is 344 g/mol. The van der Waals surface area contributed by atoms with Crippen LogP contribution in [0, 0.1) is 5.92 Å². The predicted molar refractivity (Wildman–Crippen MR) is 103 cm³/mol. The van der Waals surface area contributed by atoms with Gasteiger partial charge in [0.2, 0.25) is 11.8 Å². The van der Waals surface area contributed by atoms with Crippen molar-refractivity contribution in [1.82, 2.24) is 14.9 Å². The zero-order valence-electron chi connectivity index (χ0n) is 16.3.